The molecule has 4 nitrogen and oxygen atoms in total. The van der Waals surface area contributed by atoms with E-state index in [2.05, 4.69) is 11.9 Å². The molecule has 3 atom stereocenters. The Labute approximate surface area is 97.3 Å². The molecular formula is C12H22N2O2. The summed E-state index contributed by atoms with van der Waals surface area (Å²) in [7, 11) is 1.70. The largest absolute Gasteiger partial charge is 0.376 e. The first kappa shape index (κ1) is 13.2. The Hall–Kier alpha value is -0.870. The smallest absolute Gasteiger partial charge is 0.229 e. The first-order valence-corrected chi connectivity index (χ1v) is 5.80. The maximum atomic E-state index is 12.1. The van der Waals surface area contributed by atoms with Gasteiger partial charge in [-0.1, -0.05) is 12.2 Å². The van der Waals surface area contributed by atoms with Crippen LogP contribution in [0.15, 0.2) is 12.2 Å². The lowest BCUT2D eigenvalue weighted by Crippen LogP contribution is -2.49. The third-order valence-corrected chi connectivity index (χ3v) is 3.35. The highest BCUT2D eigenvalue weighted by molar-refractivity contribution is 5.81. The minimum atomic E-state index is -0.635. The summed E-state index contributed by atoms with van der Waals surface area (Å²) in [6.07, 6.45) is 1.18. The topological polar surface area (TPSA) is 52.6 Å². The molecule has 1 heterocycles. The average Bonchev–Trinajstić information content (AvgIpc) is 2.74. The predicted octanol–water partition coefficient (Wildman–Crippen LogP) is 0.727. The molecule has 1 fully saturated rings. The van der Waals surface area contributed by atoms with Crippen LogP contribution >= 0.6 is 0 Å². The van der Waals surface area contributed by atoms with Crippen LogP contribution in [0.5, 0.6) is 0 Å². The van der Waals surface area contributed by atoms with Gasteiger partial charge in [0, 0.05) is 6.54 Å². The SMILES string of the molecule is C=C(C)C(C)C(=O)N1CCC[C@H]1C(O)NC. The molecule has 0 bridgehead atoms. The normalized spacial score (nSPS) is 24.2. The third kappa shape index (κ3) is 2.62. The van der Waals surface area contributed by atoms with Crippen molar-refractivity contribution in [1.82, 2.24) is 10.2 Å². The number of amides is 1. The van der Waals surface area contributed by atoms with Gasteiger partial charge in [-0.05, 0) is 33.7 Å². The number of likely N-dealkylation sites (tertiary alicyclic amines) is 1. The lowest BCUT2D eigenvalue weighted by Gasteiger charge is -2.30. The summed E-state index contributed by atoms with van der Waals surface area (Å²) < 4.78 is 0. The molecule has 0 radical (unpaired) electrons. The summed E-state index contributed by atoms with van der Waals surface area (Å²) in [5, 5.41) is 12.6. The van der Waals surface area contributed by atoms with E-state index in [-0.39, 0.29) is 17.9 Å². The molecule has 0 aromatic heterocycles. The fourth-order valence-corrected chi connectivity index (χ4v) is 2.05. The van der Waals surface area contributed by atoms with Crippen molar-refractivity contribution in [3.63, 3.8) is 0 Å². The van der Waals surface area contributed by atoms with Crippen LogP contribution in [-0.4, -0.2) is 41.8 Å². The number of rotatable bonds is 4. The van der Waals surface area contributed by atoms with Crippen molar-refractivity contribution in [1.29, 1.82) is 0 Å². The highest BCUT2D eigenvalue weighted by Gasteiger charge is 2.35. The zero-order chi connectivity index (χ0) is 12.3. The molecule has 2 N–H and O–H groups in total. The first-order valence-electron chi connectivity index (χ1n) is 5.80. The lowest BCUT2D eigenvalue weighted by molar-refractivity contribution is -0.137. The van der Waals surface area contributed by atoms with Crippen molar-refractivity contribution in [3.8, 4) is 0 Å². The van der Waals surface area contributed by atoms with Gasteiger partial charge in [-0.25, -0.2) is 0 Å². The Kier molecular flexibility index (Phi) is 4.50. The Bertz CT molecular complexity index is 278. The number of likely N-dealkylation sites (N-methyl/N-ethyl adjacent to an activating group) is 1. The minimum absolute atomic E-state index is 0.0734. The third-order valence-electron chi connectivity index (χ3n) is 3.35. The van der Waals surface area contributed by atoms with Crippen molar-refractivity contribution < 1.29 is 9.90 Å². The summed E-state index contributed by atoms with van der Waals surface area (Å²) in [5.41, 5.74) is 0.870. The van der Waals surface area contributed by atoms with Crippen molar-refractivity contribution >= 4 is 5.91 Å². The van der Waals surface area contributed by atoms with Gasteiger partial charge in [0.2, 0.25) is 5.91 Å². The minimum Gasteiger partial charge on any atom is -0.376 e. The van der Waals surface area contributed by atoms with Gasteiger partial charge in [0.25, 0.3) is 0 Å². The van der Waals surface area contributed by atoms with Crippen LogP contribution in [0.4, 0.5) is 0 Å². The van der Waals surface area contributed by atoms with Crippen LogP contribution in [0.3, 0.4) is 0 Å². The van der Waals surface area contributed by atoms with Crippen LogP contribution < -0.4 is 5.32 Å². The molecule has 1 saturated heterocycles. The van der Waals surface area contributed by atoms with Gasteiger partial charge in [-0.15, -0.1) is 0 Å². The van der Waals surface area contributed by atoms with Crippen LogP contribution in [0.25, 0.3) is 0 Å². The molecule has 92 valence electrons. The predicted molar refractivity (Wildman–Crippen MR) is 63.8 cm³/mol. The molecular weight excluding hydrogens is 204 g/mol. The molecule has 0 aliphatic carbocycles. The maximum absolute atomic E-state index is 12.1. The van der Waals surface area contributed by atoms with E-state index in [1.165, 1.54) is 0 Å². The molecule has 0 saturated carbocycles. The molecule has 0 spiro atoms. The molecule has 4 heteroatoms. The summed E-state index contributed by atoms with van der Waals surface area (Å²) in [6.45, 7) is 8.28. The molecule has 0 aromatic carbocycles. The number of aliphatic hydroxyl groups excluding tert-OH is 1. The fraction of sp³-hybridized carbons (Fsp3) is 0.750. The van der Waals surface area contributed by atoms with Crippen molar-refractivity contribution in [2.24, 2.45) is 5.92 Å². The summed E-state index contributed by atoms with van der Waals surface area (Å²) >= 11 is 0. The highest BCUT2D eigenvalue weighted by atomic mass is 16.3. The fourth-order valence-electron chi connectivity index (χ4n) is 2.05. The van der Waals surface area contributed by atoms with Crippen LogP contribution in [0.2, 0.25) is 0 Å². The molecule has 16 heavy (non-hydrogen) atoms. The lowest BCUT2D eigenvalue weighted by atomic mass is 10.0. The molecule has 1 amide bonds. The standard InChI is InChI=1S/C12H22N2O2/c1-8(2)9(3)12(16)14-7-5-6-10(14)11(15)13-4/h9-11,13,15H,1,5-7H2,2-4H3/t9?,10-,11?/m0/s1. The van der Waals surface area contributed by atoms with E-state index < -0.39 is 6.23 Å². The number of nitrogens with zero attached hydrogens (tertiary/aromatic N) is 1. The molecule has 2 unspecified atom stereocenters. The van der Waals surface area contributed by atoms with Gasteiger partial charge in [0.1, 0.15) is 6.23 Å². The molecule has 1 aliphatic rings. The quantitative estimate of drug-likeness (QED) is 0.549. The van der Waals surface area contributed by atoms with E-state index in [1.807, 2.05) is 13.8 Å². The van der Waals surface area contributed by atoms with E-state index in [4.69, 9.17) is 0 Å². The first-order chi connectivity index (χ1) is 7.49. The monoisotopic (exact) mass is 226 g/mol. The molecule has 0 aromatic rings. The second-order valence-corrected chi connectivity index (χ2v) is 4.54. The van der Waals surface area contributed by atoms with Crippen LogP contribution in [0.1, 0.15) is 26.7 Å². The highest BCUT2D eigenvalue weighted by Crippen LogP contribution is 2.23. The number of nitrogens with one attached hydrogen (secondary N) is 1. The van der Waals surface area contributed by atoms with Crippen LogP contribution in [-0.2, 0) is 4.79 Å². The Balaban J connectivity index is 2.71. The van der Waals surface area contributed by atoms with E-state index in [1.54, 1.807) is 11.9 Å². The van der Waals surface area contributed by atoms with Gasteiger partial charge in [-0.2, -0.15) is 0 Å². The van der Waals surface area contributed by atoms with Crippen LogP contribution in [0, 0.1) is 5.92 Å². The van der Waals surface area contributed by atoms with Gasteiger partial charge >= 0.3 is 0 Å². The molecule has 1 aliphatic heterocycles. The number of carbonyl (C=O) groups excluding carboxylic acids is 1. The van der Waals surface area contributed by atoms with Crippen molar-refractivity contribution in [2.75, 3.05) is 13.6 Å². The Morgan fingerprint density at radius 2 is 2.25 bits per heavy atom. The van der Waals surface area contributed by atoms with Gasteiger partial charge in [0.05, 0.1) is 12.0 Å². The second-order valence-electron chi connectivity index (χ2n) is 4.54. The van der Waals surface area contributed by atoms with Crippen molar-refractivity contribution in [3.05, 3.63) is 12.2 Å². The molecule has 1 rings (SSSR count). The summed E-state index contributed by atoms with van der Waals surface area (Å²) in [6, 6.07) is -0.0979. The number of carbonyl (C=O) groups is 1. The number of aliphatic hydroxyl groups is 1. The second kappa shape index (κ2) is 5.46. The Morgan fingerprint density at radius 3 is 2.75 bits per heavy atom. The van der Waals surface area contributed by atoms with E-state index in [0.29, 0.717) is 0 Å². The zero-order valence-corrected chi connectivity index (χ0v) is 10.4. The van der Waals surface area contributed by atoms with Gasteiger partial charge in [0.15, 0.2) is 0 Å². The van der Waals surface area contributed by atoms with Gasteiger partial charge < -0.3 is 10.0 Å². The number of hydrogen-bond acceptors (Lipinski definition) is 3. The maximum Gasteiger partial charge on any atom is 0.229 e. The zero-order valence-electron chi connectivity index (χ0n) is 10.4. The summed E-state index contributed by atoms with van der Waals surface area (Å²) in [5.74, 6) is -0.0889. The summed E-state index contributed by atoms with van der Waals surface area (Å²) in [4.78, 5) is 13.9. The average molecular weight is 226 g/mol. The number of hydrogen-bond donors (Lipinski definition) is 2. The van der Waals surface area contributed by atoms with Crippen molar-refractivity contribution in [2.45, 2.75) is 39.0 Å². The van der Waals surface area contributed by atoms with E-state index in [9.17, 15) is 9.90 Å². The Morgan fingerprint density at radius 1 is 1.62 bits per heavy atom. The van der Waals surface area contributed by atoms with Gasteiger partial charge in [-0.3, -0.25) is 10.1 Å². The van der Waals surface area contributed by atoms with E-state index in [0.717, 1.165) is 25.0 Å². The van der Waals surface area contributed by atoms with E-state index >= 15 is 0 Å².